The lowest BCUT2D eigenvalue weighted by molar-refractivity contribution is 0.0512. The Morgan fingerprint density at radius 2 is 1.92 bits per heavy atom. The summed E-state index contributed by atoms with van der Waals surface area (Å²) in [6, 6.07) is 4.41. The molecule has 0 spiro atoms. The van der Waals surface area contributed by atoms with Gasteiger partial charge in [-0.05, 0) is 25.1 Å². The third kappa shape index (κ3) is 4.13. The second kappa shape index (κ2) is 7.45. The van der Waals surface area contributed by atoms with E-state index in [-0.39, 0.29) is 29.0 Å². The molecule has 0 aliphatic rings. The van der Waals surface area contributed by atoms with Crippen LogP contribution in [0.3, 0.4) is 0 Å². The molecular formula is C13H8Cl5N3O3. The number of aromatic nitrogens is 3. The van der Waals surface area contributed by atoms with Crippen LogP contribution in [0, 0.1) is 0 Å². The molecule has 24 heavy (non-hydrogen) atoms. The van der Waals surface area contributed by atoms with Crippen molar-refractivity contribution in [2.45, 2.75) is 10.7 Å². The van der Waals surface area contributed by atoms with Gasteiger partial charge in [-0.25, -0.2) is 9.48 Å². The van der Waals surface area contributed by atoms with Crippen molar-refractivity contribution in [3.63, 3.8) is 0 Å². The second-order valence-electron chi connectivity index (χ2n) is 4.31. The zero-order valence-corrected chi connectivity index (χ0v) is 15.7. The van der Waals surface area contributed by atoms with Gasteiger partial charge in [0, 0.05) is 5.02 Å². The highest BCUT2D eigenvalue weighted by Crippen LogP contribution is 2.32. The van der Waals surface area contributed by atoms with E-state index < -0.39 is 15.5 Å². The highest BCUT2D eigenvalue weighted by molar-refractivity contribution is 6.77. The van der Waals surface area contributed by atoms with Gasteiger partial charge >= 0.3 is 5.97 Å². The summed E-state index contributed by atoms with van der Waals surface area (Å²) in [6.45, 7) is 1.71. The summed E-state index contributed by atoms with van der Waals surface area (Å²) >= 11 is 28.8. The van der Waals surface area contributed by atoms with Crippen molar-refractivity contribution in [3.05, 3.63) is 39.9 Å². The number of ether oxygens (including phenoxy) is 1. The lowest BCUT2D eigenvalue weighted by Gasteiger charge is -2.11. The molecule has 0 unspecified atom stereocenters. The van der Waals surface area contributed by atoms with Crippen molar-refractivity contribution < 1.29 is 14.3 Å². The maximum Gasteiger partial charge on any atom is 0.378 e. The quantitative estimate of drug-likeness (QED) is 0.410. The van der Waals surface area contributed by atoms with Crippen LogP contribution in [0.25, 0.3) is 5.69 Å². The van der Waals surface area contributed by atoms with E-state index in [0.717, 1.165) is 4.68 Å². The van der Waals surface area contributed by atoms with Gasteiger partial charge in [0.05, 0.1) is 17.3 Å². The maximum atomic E-state index is 12.3. The van der Waals surface area contributed by atoms with Crippen LogP contribution in [-0.4, -0.2) is 36.9 Å². The molecule has 1 heterocycles. The Kier molecular flexibility index (Phi) is 5.99. The number of ketones is 1. The van der Waals surface area contributed by atoms with Gasteiger partial charge in [-0.3, -0.25) is 4.79 Å². The van der Waals surface area contributed by atoms with Gasteiger partial charge in [-0.1, -0.05) is 58.0 Å². The van der Waals surface area contributed by atoms with E-state index in [1.54, 1.807) is 6.92 Å². The lowest BCUT2D eigenvalue weighted by atomic mass is 10.3. The average Bonchev–Trinajstić information content (AvgIpc) is 2.90. The zero-order chi connectivity index (χ0) is 18.1. The van der Waals surface area contributed by atoms with E-state index in [2.05, 4.69) is 10.1 Å². The molecule has 0 radical (unpaired) electrons. The van der Waals surface area contributed by atoms with Crippen LogP contribution >= 0.6 is 58.0 Å². The Morgan fingerprint density at radius 3 is 2.46 bits per heavy atom. The van der Waals surface area contributed by atoms with Crippen molar-refractivity contribution in [2.75, 3.05) is 6.61 Å². The number of Topliss-reactive ketones (excluding diaryl/α,β-unsaturated/α-hetero) is 1. The minimum Gasteiger partial charge on any atom is -0.460 e. The highest BCUT2D eigenvalue weighted by atomic mass is 35.6. The molecule has 0 atom stereocenters. The van der Waals surface area contributed by atoms with Crippen LogP contribution in [0.4, 0.5) is 0 Å². The minimum atomic E-state index is -2.30. The number of alkyl halides is 3. The molecule has 2 rings (SSSR count). The van der Waals surface area contributed by atoms with Crippen LogP contribution in [0.15, 0.2) is 18.2 Å². The van der Waals surface area contributed by atoms with E-state index >= 15 is 0 Å². The summed E-state index contributed by atoms with van der Waals surface area (Å²) in [5, 5.41) is 4.45. The van der Waals surface area contributed by atoms with Crippen LogP contribution < -0.4 is 0 Å². The van der Waals surface area contributed by atoms with Crippen LogP contribution in [0.1, 0.15) is 28.2 Å². The summed E-state index contributed by atoms with van der Waals surface area (Å²) in [7, 11) is 0. The molecule has 6 nitrogen and oxygen atoms in total. The monoisotopic (exact) mass is 429 g/mol. The third-order valence-corrected chi connectivity index (χ3v) is 3.72. The van der Waals surface area contributed by atoms with E-state index in [4.69, 9.17) is 62.7 Å². The van der Waals surface area contributed by atoms with Gasteiger partial charge in [0.25, 0.3) is 15.4 Å². The number of hydrogen-bond acceptors (Lipinski definition) is 5. The number of nitrogens with zero attached hydrogens (tertiary/aromatic N) is 3. The standard InChI is InChI=1S/C13H8Cl5N3O3/c1-2-24-12(23)10-19-11(9(22)13(16,17)18)21(20-10)8-4-3-6(14)5-7(8)15/h3-5H,2H2,1H3. The van der Waals surface area contributed by atoms with Crippen molar-refractivity contribution in [3.8, 4) is 5.69 Å². The first-order valence-corrected chi connectivity index (χ1v) is 8.25. The number of rotatable bonds is 4. The summed E-state index contributed by atoms with van der Waals surface area (Å²) in [5.74, 6) is -2.58. The second-order valence-corrected chi connectivity index (χ2v) is 7.44. The van der Waals surface area contributed by atoms with E-state index in [0.29, 0.717) is 5.02 Å². The molecule has 0 saturated carbocycles. The summed E-state index contributed by atoms with van der Waals surface area (Å²) in [6.07, 6.45) is 0. The predicted molar refractivity (Wildman–Crippen MR) is 92.0 cm³/mol. The number of carbonyl (C=O) groups is 2. The highest BCUT2D eigenvalue weighted by Gasteiger charge is 2.37. The zero-order valence-electron chi connectivity index (χ0n) is 11.9. The summed E-state index contributed by atoms with van der Waals surface area (Å²) < 4.78 is 3.50. The SMILES string of the molecule is CCOC(=O)c1nc(C(=O)C(Cl)(Cl)Cl)n(-c2ccc(Cl)cc2Cl)n1. The largest absolute Gasteiger partial charge is 0.460 e. The first kappa shape index (κ1) is 19.3. The van der Waals surface area contributed by atoms with Crippen LogP contribution in [0.5, 0.6) is 0 Å². The third-order valence-electron chi connectivity index (χ3n) is 2.66. The van der Waals surface area contributed by atoms with Crippen molar-refractivity contribution in [2.24, 2.45) is 0 Å². The van der Waals surface area contributed by atoms with Crippen LogP contribution in [-0.2, 0) is 4.74 Å². The van der Waals surface area contributed by atoms with Gasteiger partial charge in [0.1, 0.15) is 0 Å². The smallest absolute Gasteiger partial charge is 0.378 e. The molecule has 0 bridgehead atoms. The predicted octanol–water partition coefficient (Wildman–Crippen LogP) is 4.30. The lowest BCUT2D eigenvalue weighted by Crippen LogP contribution is -2.23. The minimum absolute atomic E-state index is 0.100. The summed E-state index contributed by atoms with van der Waals surface area (Å²) in [4.78, 5) is 27.9. The topological polar surface area (TPSA) is 74.1 Å². The summed E-state index contributed by atoms with van der Waals surface area (Å²) in [5.41, 5.74) is 0.224. The molecule has 1 aromatic carbocycles. The van der Waals surface area contributed by atoms with E-state index in [9.17, 15) is 9.59 Å². The Morgan fingerprint density at radius 1 is 1.25 bits per heavy atom. The molecule has 128 valence electrons. The van der Waals surface area contributed by atoms with Crippen molar-refractivity contribution >= 4 is 69.8 Å². The fraction of sp³-hybridized carbons (Fsp3) is 0.231. The van der Waals surface area contributed by atoms with Gasteiger partial charge in [-0.15, -0.1) is 5.10 Å². The average molecular weight is 431 g/mol. The Balaban J connectivity index is 2.64. The first-order chi connectivity index (χ1) is 11.1. The molecule has 0 aliphatic carbocycles. The van der Waals surface area contributed by atoms with Gasteiger partial charge in [-0.2, -0.15) is 4.98 Å². The van der Waals surface area contributed by atoms with Gasteiger partial charge in [0.2, 0.25) is 5.82 Å². The van der Waals surface area contributed by atoms with Gasteiger partial charge in [0.15, 0.2) is 0 Å². The van der Waals surface area contributed by atoms with Crippen molar-refractivity contribution in [1.82, 2.24) is 14.8 Å². The number of halogens is 5. The Labute approximate surface area is 161 Å². The van der Waals surface area contributed by atoms with E-state index in [1.807, 2.05) is 0 Å². The van der Waals surface area contributed by atoms with E-state index in [1.165, 1.54) is 18.2 Å². The number of esters is 1. The Hall–Kier alpha value is -1.05. The molecule has 0 saturated heterocycles. The normalized spacial score (nSPS) is 11.4. The molecule has 0 amide bonds. The molecule has 0 aliphatic heterocycles. The number of hydrogen-bond donors (Lipinski definition) is 0. The Bertz CT molecular complexity index is 801. The van der Waals surface area contributed by atoms with Crippen LogP contribution in [0.2, 0.25) is 10.0 Å². The maximum absolute atomic E-state index is 12.3. The molecule has 0 N–H and O–H groups in total. The number of benzene rings is 1. The fourth-order valence-corrected chi connectivity index (χ4v) is 2.43. The van der Waals surface area contributed by atoms with Crippen molar-refractivity contribution in [1.29, 1.82) is 0 Å². The molecule has 11 heteroatoms. The number of carbonyl (C=O) groups excluding carboxylic acids is 2. The molecule has 2 aromatic rings. The fourth-order valence-electron chi connectivity index (χ4n) is 1.69. The first-order valence-electron chi connectivity index (χ1n) is 6.36. The van der Waals surface area contributed by atoms with Gasteiger partial charge < -0.3 is 4.74 Å². The molecule has 0 fully saturated rings. The molecule has 1 aromatic heterocycles. The molecular weight excluding hydrogens is 423 g/mol.